The number of aryl methyl sites for hydroxylation is 1. The van der Waals surface area contributed by atoms with Crippen LogP contribution in [0.1, 0.15) is 29.8 Å². The molecule has 1 N–H and O–H groups in total. The van der Waals surface area contributed by atoms with Gasteiger partial charge in [0.15, 0.2) is 5.69 Å². The van der Waals surface area contributed by atoms with Crippen LogP contribution in [0, 0.1) is 18.6 Å². The van der Waals surface area contributed by atoms with E-state index in [9.17, 15) is 26.7 Å². The number of oxime groups is 1. The molecule has 2 heterocycles. The first kappa shape index (κ1) is 24.2. The zero-order valence-electron chi connectivity index (χ0n) is 17.5. The molecule has 0 radical (unpaired) electrons. The number of piperidine rings is 1. The number of nitrogens with zero attached hydrogens (tertiary/aromatic N) is 4. The highest BCUT2D eigenvalue weighted by atomic mass is 19.4. The smallest absolute Gasteiger partial charge is 0.435 e. The Morgan fingerprint density at radius 3 is 2.45 bits per heavy atom. The van der Waals surface area contributed by atoms with E-state index in [4.69, 9.17) is 9.94 Å². The highest BCUT2D eigenvalue weighted by Crippen LogP contribution is 2.28. The summed E-state index contributed by atoms with van der Waals surface area (Å²) < 4.78 is 72.3. The van der Waals surface area contributed by atoms with Gasteiger partial charge in [-0.3, -0.25) is 9.48 Å². The Balaban J connectivity index is 1.53. The number of ether oxygens (including phenoxy) is 1. The summed E-state index contributed by atoms with van der Waals surface area (Å²) >= 11 is 0. The van der Waals surface area contributed by atoms with Crippen molar-refractivity contribution >= 4 is 17.9 Å². The summed E-state index contributed by atoms with van der Waals surface area (Å²) in [5, 5.41) is 15.6. The number of hydrogen-bond acceptors (Lipinski definition) is 5. The number of halogens is 5. The van der Waals surface area contributed by atoms with Gasteiger partial charge in [-0.2, -0.15) is 18.3 Å². The average Bonchev–Trinajstić information content (AvgIpc) is 3.13. The topological polar surface area (TPSA) is 80.0 Å². The molecule has 1 aromatic heterocycles. The molecule has 0 saturated carbocycles. The molecule has 3 rings (SSSR count). The number of hydrogen-bond donors (Lipinski definition) is 1. The van der Waals surface area contributed by atoms with E-state index in [0.717, 1.165) is 35.0 Å². The molecule has 1 amide bonds. The van der Waals surface area contributed by atoms with Gasteiger partial charge >= 0.3 is 6.18 Å². The fourth-order valence-corrected chi connectivity index (χ4v) is 3.35. The van der Waals surface area contributed by atoms with Gasteiger partial charge < -0.3 is 14.8 Å². The number of amides is 1. The lowest BCUT2D eigenvalue weighted by Crippen LogP contribution is -2.43. The number of benzene rings is 1. The fourth-order valence-electron chi connectivity index (χ4n) is 3.35. The van der Waals surface area contributed by atoms with Crippen molar-refractivity contribution in [2.45, 2.75) is 38.6 Å². The van der Waals surface area contributed by atoms with Crippen molar-refractivity contribution in [1.29, 1.82) is 0 Å². The van der Waals surface area contributed by atoms with Crippen LogP contribution in [0.4, 0.5) is 22.0 Å². The van der Waals surface area contributed by atoms with E-state index >= 15 is 0 Å². The van der Waals surface area contributed by atoms with Crippen molar-refractivity contribution in [3.05, 3.63) is 58.9 Å². The molecule has 2 aromatic rings. The molecule has 33 heavy (non-hydrogen) atoms. The largest absolute Gasteiger partial charge is 0.472 e. The Bertz CT molecular complexity index is 1040. The maximum absolute atomic E-state index is 13.7. The van der Waals surface area contributed by atoms with Gasteiger partial charge in [-0.15, -0.1) is 0 Å². The van der Waals surface area contributed by atoms with E-state index in [2.05, 4.69) is 10.3 Å². The minimum Gasteiger partial charge on any atom is -0.472 e. The minimum absolute atomic E-state index is 0.218. The van der Waals surface area contributed by atoms with E-state index in [1.165, 1.54) is 17.9 Å². The SMILES string of the molecule is Cc1cc(C(F)(F)F)nn1CC(=O)N1CCC(OC(/C=C/c2c(F)cccc2F)=N/O)CC1. The fraction of sp³-hybridized carbons (Fsp3) is 0.381. The van der Waals surface area contributed by atoms with Gasteiger partial charge in [0.1, 0.15) is 24.3 Å². The molecule has 0 spiro atoms. The van der Waals surface area contributed by atoms with E-state index in [-0.39, 0.29) is 42.7 Å². The molecule has 1 aromatic carbocycles. The summed E-state index contributed by atoms with van der Waals surface area (Å²) in [6.07, 6.45) is -2.10. The van der Waals surface area contributed by atoms with Crippen LogP contribution in [0.5, 0.6) is 0 Å². The second kappa shape index (κ2) is 10.0. The summed E-state index contributed by atoms with van der Waals surface area (Å²) in [7, 11) is 0. The Labute approximate surface area is 185 Å². The Hall–Kier alpha value is -3.44. The van der Waals surface area contributed by atoms with Crippen LogP contribution in [0.25, 0.3) is 6.08 Å². The lowest BCUT2D eigenvalue weighted by atomic mass is 10.1. The predicted octanol–water partition coefficient (Wildman–Crippen LogP) is 4.00. The molecule has 1 aliphatic heterocycles. The van der Waals surface area contributed by atoms with Crippen LogP contribution in [0.3, 0.4) is 0 Å². The summed E-state index contributed by atoms with van der Waals surface area (Å²) in [6.45, 7) is 1.64. The summed E-state index contributed by atoms with van der Waals surface area (Å²) in [5.74, 6) is -2.22. The van der Waals surface area contributed by atoms with E-state index in [0.29, 0.717) is 12.8 Å². The van der Waals surface area contributed by atoms with Crippen LogP contribution in [-0.4, -0.2) is 50.9 Å². The molecule has 1 saturated heterocycles. The molecule has 0 aliphatic carbocycles. The van der Waals surface area contributed by atoms with Gasteiger partial charge in [-0.1, -0.05) is 6.07 Å². The normalized spacial score (nSPS) is 15.9. The standard InChI is InChI=1S/C21H21F5N4O3/c1-13-11-18(21(24,25)26)27-30(13)12-20(31)29-9-7-14(8-10-29)33-19(28-32)6-5-15-16(22)3-2-4-17(15)23/h2-6,11,14,32H,7-10,12H2,1H3/b6-5+,28-19+. The molecule has 12 heteroatoms. The van der Waals surface area contributed by atoms with Crippen LogP contribution < -0.4 is 0 Å². The minimum atomic E-state index is -4.59. The number of aromatic nitrogens is 2. The Morgan fingerprint density at radius 1 is 1.27 bits per heavy atom. The third kappa shape index (κ3) is 6.08. The second-order valence-corrected chi connectivity index (χ2v) is 7.43. The van der Waals surface area contributed by atoms with Crippen molar-refractivity contribution in [1.82, 2.24) is 14.7 Å². The highest BCUT2D eigenvalue weighted by Gasteiger charge is 2.35. The summed E-state index contributed by atoms with van der Waals surface area (Å²) in [4.78, 5) is 14.0. The van der Waals surface area contributed by atoms with E-state index < -0.39 is 29.6 Å². The zero-order valence-corrected chi connectivity index (χ0v) is 17.5. The maximum atomic E-state index is 13.7. The first-order chi connectivity index (χ1) is 15.6. The lowest BCUT2D eigenvalue weighted by Gasteiger charge is -2.32. The van der Waals surface area contributed by atoms with Crippen molar-refractivity contribution in [3.8, 4) is 0 Å². The number of carbonyl (C=O) groups excluding carboxylic acids is 1. The third-order valence-electron chi connectivity index (χ3n) is 5.13. The maximum Gasteiger partial charge on any atom is 0.435 e. The molecule has 1 aliphatic rings. The molecule has 1 fully saturated rings. The molecule has 7 nitrogen and oxygen atoms in total. The molecule has 0 unspecified atom stereocenters. The summed E-state index contributed by atoms with van der Waals surface area (Å²) in [6, 6.07) is 4.27. The molecule has 178 valence electrons. The lowest BCUT2D eigenvalue weighted by molar-refractivity contribution is -0.142. The summed E-state index contributed by atoms with van der Waals surface area (Å²) in [5.41, 5.74) is -1.15. The third-order valence-corrected chi connectivity index (χ3v) is 5.13. The Kier molecular flexibility index (Phi) is 7.34. The van der Waals surface area contributed by atoms with Crippen LogP contribution in [0.15, 0.2) is 35.5 Å². The predicted molar refractivity (Wildman–Crippen MR) is 107 cm³/mol. The van der Waals surface area contributed by atoms with Gasteiger partial charge in [-0.25, -0.2) is 8.78 Å². The highest BCUT2D eigenvalue weighted by molar-refractivity contribution is 5.91. The van der Waals surface area contributed by atoms with Gasteiger partial charge in [0, 0.05) is 43.3 Å². The Morgan fingerprint density at radius 2 is 1.91 bits per heavy atom. The number of likely N-dealkylation sites (tertiary alicyclic amines) is 1. The van der Waals surface area contributed by atoms with Crippen molar-refractivity contribution in [2.24, 2.45) is 5.16 Å². The van der Waals surface area contributed by atoms with E-state index in [1.54, 1.807) is 0 Å². The van der Waals surface area contributed by atoms with Gasteiger partial charge in [0.25, 0.3) is 0 Å². The molecule has 0 bridgehead atoms. The van der Waals surface area contributed by atoms with Crippen LogP contribution >= 0.6 is 0 Å². The number of rotatable bonds is 5. The van der Waals surface area contributed by atoms with E-state index in [1.807, 2.05) is 0 Å². The monoisotopic (exact) mass is 472 g/mol. The second-order valence-electron chi connectivity index (χ2n) is 7.43. The number of carbonyl (C=O) groups is 1. The van der Waals surface area contributed by atoms with Crippen LogP contribution in [0.2, 0.25) is 0 Å². The van der Waals surface area contributed by atoms with Gasteiger partial charge in [-0.05, 0) is 36.4 Å². The van der Waals surface area contributed by atoms with Crippen molar-refractivity contribution < 1.29 is 36.7 Å². The quantitative estimate of drug-likeness (QED) is 0.235. The van der Waals surface area contributed by atoms with Crippen molar-refractivity contribution in [2.75, 3.05) is 13.1 Å². The first-order valence-corrected chi connectivity index (χ1v) is 9.98. The zero-order chi connectivity index (χ0) is 24.2. The first-order valence-electron chi connectivity index (χ1n) is 9.98. The van der Waals surface area contributed by atoms with Gasteiger partial charge in [0.05, 0.1) is 0 Å². The molecular formula is C21H21F5N4O3. The van der Waals surface area contributed by atoms with Crippen molar-refractivity contribution in [3.63, 3.8) is 0 Å². The molecular weight excluding hydrogens is 451 g/mol. The average molecular weight is 472 g/mol. The number of alkyl halides is 3. The molecule has 0 atom stereocenters. The van der Waals surface area contributed by atoms with Gasteiger partial charge in [0.2, 0.25) is 11.8 Å². The van der Waals surface area contributed by atoms with Crippen LogP contribution in [-0.2, 0) is 22.3 Å².